The van der Waals surface area contributed by atoms with Crippen LogP contribution in [0.1, 0.15) is 12.8 Å². The normalized spacial score (nSPS) is 39.0. The van der Waals surface area contributed by atoms with Crippen LogP contribution in [0.5, 0.6) is 0 Å². The predicted octanol–water partition coefficient (Wildman–Crippen LogP) is -0.516. The second-order valence-corrected chi connectivity index (χ2v) is 3.04. The number of hydrogen-bond donors (Lipinski definition) is 2. The number of amides is 1. The summed E-state index contributed by atoms with van der Waals surface area (Å²) in [5.41, 5.74) is 0. The Morgan fingerprint density at radius 2 is 2.20 bits per heavy atom. The molecule has 3 heteroatoms. The average molecular weight is 140 g/mol. The highest BCUT2D eigenvalue weighted by atomic mass is 16.2. The molecule has 2 aliphatic rings. The van der Waals surface area contributed by atoms with Gasteiger partial charge in [-0.15, -0.1) is 0 Å². The van der Waals surface area contributed by atoms with Crippen LogP contribution >= 0.6 is 0 Å². The lowest BCUT2D eigenvalue weighted by Gasteiger charge is -2.24. The number of hydrogen-bond acceptors (Lipinski definition) is 2. The Hall–Kier alpha value is -0.570. The smallest absolute Gasteiger partial charge is 0.224 e. The van der Waals surface area contributed by atoms with Gasteiger partial charge in [-0.25, -0.2) is 0 Å². The van der Waals surface area contributed by atoms with E-state index >= 15 is 0 Å². The summed E-state index contributed by atoms with van der Waals surface area (Å²) in [6, 6.07) is 0.480. The zero-order valence-corrected chi connectivity index (χ0v) is 5.89. The molecule has 2 saturated heterocycles. The van der Waals surface area contributed by atoms with E-state index in [0.29, 0.717) is 6.04 Å². The number of carbonyl (C=O) groups is 1. The van der Waals surface area contributed by atoms with Crippen LogP contribution in [0.2, 0.25) is 0 Å². The zero-order valence-electron chi connectivity index (χ0n) is 5.89. The quantitative estimate of drug-likeness (QED) is 0.475. The summed E-state index contributed by atoms with van der Waals surface area (Å²) in [5, 5.41) is 6.20. The fourth-order valence-electron chi connectivity index (χ4n) is 1.87. The molecule has 2 heterocycles. The van der Waals surface area contributed by atoms with Gasteiger partial charge in [-0.2, -0.15) is 0 Å². The van der Waals surface area contributed by atoms with Crippen LogP contribution in [0.15, 0.2) is 0 Å². The number of carbonyl (C=O) groups excluding carboxylic acids is 1. The van der Waals surface area contributed by atoms with E-state index in [1.165, 1.54) is 0 Å². The second-order valence-electron chi connectivity index (χ2n) is 3.04. The maximum absolute atomic E-state index is 11.1. The van der Waals surface area contributed by atoms with Crippen molar-refractivity contribution in [3.05, 3.63) is 0 Å². The molecule has 0 aliphatic carbocycles. The van der Waals surface area contributed by atoms with Gasteiger partial charge < -0.3 is 10.6 Å². The van der Waals surface area contributed by atoms with Gasteiger partial charge in [0.2, 0.25) is 5.91 Å². The number of fused-ring (bicyclic) bond motifs is 1. The van der Waals surface area contributed by atoms with Crippen molar-refractivity contribution in [2.24, 2.45) is 5.92 Å². The third kappa shape index (κ3) is 0.814. The lowest BCUT2D eigenvalue weighted by atomic mass is 9.94. The monoisotopic (exact) mass is 140 g/mol. The Bertz CT molecular complexity index is 158. The van der Waals surface area contributed by atoms with Crippen LogP contribution in [0.25, 0.3) is 0 Å². The van der Waals surface area contributed by atoms with Crippen molar-refractivity contribution in [1.82, 2.24) is 10.6 Å². The first-order chi connectivity index (χ1) is 4.88. The maximum atomic E-state index is 11.1. The van der Waals surface area contributed by atoms with Crippen molar-refractivity contribution in [2.75, 3.05) is 13.1 Å². The van der Waals surface area contributed by atoms with E-state index in [1.807, 2.05) is 0 Å². The molecule has 0 bridgehead atoms. The van der Waals surface area contributed by atoms with Gasteiger partial charge in [-0.05, 0) is 19.4 Å². The molecule has 3 nitrogen and oxygen atoms in total. The fourth-order valence-corrected chi connectivity index (χ4v) is 1.87. The van der Waals surface area contributed by atoms with E-state index in [2.05, 4.69) is 10.6 Å². The molecule has 56 valence electrons. The minimum atomic E-state index is 0.251. The standard InChI is InChI=1S/C7H12N2O/c10-7-5-1-3-8-6(5)2-4-9-7/h5-6,8H,1-4H2,(H,9,10)/t5-,6+/m1/s1. The highest BCUT2D eigenvalue weighted by molar-refractivity contribution is 5.80. The molecule has 1 amide bonds. The Morgan fingerprint density at radius 3 is 3.00 bits per heavy atom. The molecule has 2 aliphatic heterocycles. The average Bonchev–Trinajstić information content (AvgIpc) is 2.36. The first kappa shape index (κ1) is 6.16. The third-order valence-electron chi connectivity index (χ3n) is 2.44. The molecular weight excluding hydrogens is 128 g/mol. The molecule has 0 radical (unpaired) electrons. The number of nitrogens with one attached hydrogen (secondary N) is 2. The molecule has 2 atom stereocenters. The molecule has 0 spiro atoms. The van der Waals surface area contributed by atoms with Crippen LogP contribution in [0.4, 0.5) is 0 Å². The molecule has 0 saturated carbocycles. The summed E-state index contributed by atoms with van der Waals surface area (Å²) >= 11 is 0. The fraction of sp³-hybridized carbons (Fsp3) is 0.857. The lowest BCUT2D eigenvalue weighted by molar-refractivity contribution is -0.126. The summed E-state index contributed by atoms with van der Waals surface area (Å²) in [5.74, 6) is 0.523. The molecule has 0 unspecified atom stereocenters. The van der Waals surface area contributed by atoms with E-state index in [0.717, 1.165) is 25.9 Å². The first-order valence-electron chi connectivity index (χ1n) is 3.89. The lowest BCUT2D eigenvalue weighted by Crippen LogP contribution is -2.45. The SMILES string of the molecule is O=C1NCC[C@@H]2NCC[C@@H]12. The summed E-state index contributed by atoms with van der Waals surface area (Å²) in [6.45, 7) is 1.87. The van der Waals surface area contributed by atoms with Gasteiger partial charge in [0.15, 0.2) is 0 Å². The topological polar surface area (TPSA) is 41.1 Å². The van der Waals surface area contributed by atoms with Crippen LogP contribution in [-0.2, 0) is 4.79 Å². The Morgan fingerprint density at radius 1 is 1.30 bits per heavy atom. The van der Waals surface area contributed by atoms with Crippen molar-refractivity contribution in [1.29, 1.82) is 0 Å². The highest BCUT2D eigenvalue weighted by Crippen LogP contribution is 2.20. The van der Waals surface area contributed by atoms with E-state index < -0.39 is 0 Å². The summed E-state index contributed by atoms with van der Waals surface area (Å²) in [6.07, 6.45) is 2.13. The number of piperidine rings is 1. The van der Waals surface area contributed by atoms with Gasteiger partial charge in [0.05, 0.1) is 5.92 Å². The molecule has 2 rings (SSSR count). The third-order valence-corrected chi connectivity index (χ3v) is 2.44. The van der Waals surface area contributed by atoms with Crippen molar-refractivity contribution in [2.45, 2.75) is 18.9 Å². The van der Waals surface area contributed by atoms with E-state index in [9.17, 15) is 4.79 Å². The summed E-state index contributed by atoms with van der Waals surface area (Å²) < 4.78 is 0. The minimum Gasteiger partial charge on any atom is -0.356 e. The molecular formula is C7H12N2O. The molecule has 2 N–H and O–H groups in total. The minimum absolute atomic E-state index is 0.251. The molecule has 10 heavy (non-hydrogen) atoms. The van der Waals surface area contributed by atoms with Crippen molar-refractivity contribution in [3.63, 3.8) is 0 Å². The summed E-state index contributed by atoms with van der Waals surface area (Å²) in [7, 11) is 0. The van der Waals surface area contributed by atoms with E-state index in [1.54, 1.807) is 0 Å². The highest BCUT2D eigenvalue weighted by Gasteiger charge is 2.34. The Kier molecular flexibility index (Phi) is 1.38. The second kappa shape index (κ2) is 2.23. The van der Waals surface area contributed by atoms with Crippen molar-refractivity contribution in [3.8, 4) is 0 Å². The van der Waals surface area contributed by atoms with Crippen LogP contribution in [-0.4, -0.2) is 25.0 Å². The van der Waals surface area contributed by atoms with Gasteiger partial charge >= 0.3 is 0 Å². The predicted molar refractivity (Wildman–Crippen MR) is 37.5 cm³/mol. The number of rotatable bonds is 0. The van der Waals surface area contributed by atoms with Crippen molar-refractivity contribution < 1.29 is 4.79 Å². The molecule has 0 aromatic heterocycles. The van der Waals surface area contributed by atoms with Gasteiger partial charge in [0, 0.05) is 12.6 Å². The van der Waals surface area contributed by atoms with E-state index in [-0.39, 0.29) is 11.8 Å². The molecule has 2 fully saturated rings. The van der Waals surface area contributed by atoms with Gasteiger partial charge in [-0.3, -0.25) is 4.79 Å². The van der Waals surface area contributed by atoms with Gasteiger partial charge in [0.1, 0.15) is 0 Å². The van der Waals surface area contributed by atoms with Crippen LogP contribution in [0.3, 0.4) is 0 Å². The van der Waals surface area contributed by atoms with E-state index in [4.69, 9.17) is 0 Å². The van der Waals surface area contributed by atoms with Crippen molar-refractivity contribution >= 4 is 5.91 Å². The Balaban J connectivity index is 2.10. The molecule has 0 aromatic rings. The first-order valence-corrected chi connectivity index (χ1v) is 3.89. The molecule has 0 aromatic carbocycles. The summed E-state index contributed by atoms with van der Waals surface area (Å²) in [4.78, 5) is 11.1. The van der Waals surface area contributed by atoms with Crippen LogP contribution in [0, 0.1) is 5.92 Å². The Labute approximate surface area is 60.2 Å². The largest absolute Gasteiger partial charge is 0.356 e. The zero-order chi connectivity index (χ0) is 6.97. The maximum Gasteiger partial charge on any atom is 0.224 e. The van der Waals surface area contributed by atoms with Crippen LogP contribution < -0.4 is 10.6 Å². The van der Waals surface area contributed by atoms with Gasteiger partial charge in [0.25, 0.3) is 0 Å². The van der Waals surface area contributed by atoms with Gasteiger partial charge in [-0.1, -0.05) is 0 Å².